The van der Waals surface area contributed by atoms with Crippen LogP contribution in [-0.2, 0) is 0 Å². The van der Waals surface area contributed by atoms with Crippen molar-refractivity contribution in [2.24, 2.45) is 0 Å². The van der Waals surface area contributed by atoms with Gasteiger partial charge in [0.1, 0.15) is 11.5 Å². The Morgan fingerprint density at radius 3 is 2.24 bits per heavy atom. The number of carbonyl (C=O) groups excluding carboxylic acids is 1. The number of phenolic OH excluding ortho intramolecular Hbond substituents is 1. The van der Waals surface area contributed by atoms with E-state index in [1.54, 1.807) is 30.3 Å². The lowest BCUT2D eigenvalue weighted by molar-refractivity contribution is 0.103. The number of benzene rings is 2. The van der Waals surface area contributed by atoms with E-state index in [1.807, 2.05) is 0 Å². The van der Waals surface area contributed by atoms with E-state index in [0.717, 1.165) is 0 Å². The average Bonchev–Trinajstić information content (AvgIpc) is 2.53. The van der Waals surface area contributed by atoms with Gasteiger partial charge in [0.2, 0.25) is 5.78 Å². The highest BCUT2D eigenvalue weighted by Crippen LogP contribution is 2.33. The standard InChI is InChI=1S/C16H16O5/c1-19-10-7-8-11(14(9-10)21-3)15(17)12-5-4-6-13(20-2)16(12)18/h4-9,18H,1-3H3. The van der Waals surface area contributed by atoms with Gasteiger partial charge in [0.05, 0.1) is 32.5 Å². The van der Waals surface area contributed by atoms with E-state index >= 15 is 0 Å². The molecule has 0 saturated carbocycles. The van der Waals surface area contributed by atoms with Gasteiger partial charge in [-0.15, -0.1) is 0 Å². The molecule has 1 N–H and O–H groups in total. The zero-order valence-corrected chi connectivity index (χ0v) is 12.0. The summed E-state index contributed by atoms with van der Waals surface area (Å²) in [5.41, 5.74) is 0.486. The van der Waals surface area contributed by atoms with Crippen molar-refractivity contribution < 1.29 is 24.1 Å². The predicted octanol–water partition coefficient (Wildman–Crippen LogP) is 2.65. The van der Waals surface area contributed by atoms with Crippen LogP contribution in [0.3, 0.4) is 0 Å². The second-order valence-electron chi connectivity index (χ2n) is 4.25. The van der Waals surface area contributed by atoms with Crippen LogP contribution in [0.2, 0.25) is 0 Å². The summed E-state index contributed by atoms with van der Waals surface area (Å²) in [4.78, 5) is 12.6. The maximum Gasteiger partial charge on any atom is 0.200 e. The highest BCUT2D eigenvalue weighted by molar-refractivity contribution is 6.12. The molecular formula is C16H16O5. The van der Waals surface area contributed by atoms with Crippen molar-refractivity contribution in [2.45, 2.75) is 0 Å². The molecule has 0 radical (unpaired) electrons. The molecule has 5 nitrogen and oxygen atoms in total. The molecule has 0 saturated heterocycles. The van der Waals surface area contributed by atoms with E-state index < -0.39 is 0 Å². The summed E-state index contributed by atoms with van der Waals surface area (Å²) < 4.78 is 15.3. The van der Waals surface area contributed by atoms with Crippen LogP contribution in [0.15, 0.2) is 36.4 Å². The molecule has 21 heavy (non-hydrogen) atoms. The minimum absolute atomic E-state index is 0.151. The second kappa shape index (κ2) is 6.17. The van der Waals surface area contributed by atoms with E-state index in [2.05, 4.69) is 0 Å². The van der Waals surface area contributed by atoms with Gasteiger partial charge in [0.25, 0.3) is 0 Å². The van der Waals surface area contributed by atoms with Gasteiger partial charge in [-0.25, -0.2) is 0 Å². The summed E-state index contributed by atoms with van der Waals surface area (Å²) >= 11 is 0. The van der Waals surface area contributed by atoms with Crippen LogP contribution in [0.25, 0.3) is 0 Å². The van der Waals surface area contributed by atoms with Crippen LogP contribution < -0.4 is 14.2 Å². The van der Waals surface area contributed by atoms with Gasteiger partial charge in [-0.2, -0.15) is 0 Å². The van der Waals surface area contributed by atoms with Crippen molar-refractivity contribution in [1.29, 1.82) is 0 Å². The van der Waals surface area contributed by atoms with Crippen molar-refractivity contribution >= 4 is 5.78 Å². The van der Waals surface area contributed by atoms with Gasteiger partial charge in [-0.05, 0) is 24.3 Å². The highest BCUT2D eigenvalue weighted by atomic mass is 16.5. The Labute approximate surface area is 122 Å². The molecule has 0 atom stereocenters. The third-order valence-corrected chi connectivity index (χ3v) is 3.12. The first-order valence-corrected chi connectivity index (χ1v) is 6.25. The maximum absolute atomic E-state index is 12.6. The number of hydrogen-bond acceptors (Lipinski definition) is 5. The monoisotopic (exact) mass is 288 g/mol. The molecule has 5 heteroatoms. The van der Waals surface area contributed by atoms with Crippen LogP contribution in [-0.4, -0.2) is 32.2 Å². The second-order valence-corrected chi connectivity index (χ2v) is 4.25. The summed E-state index contributed by atoms with van der Waals surface area (Å²) in [5, 5.41) is 10.1. The van der Waals surface area contributed by atoms with Crippen LogP contribution in [0.5, 0.6) is 23.0 Å². The Kier molecular flexibility index (Phi) is 4.33. The summed E-state index contributed by atoms with van der Waals surface area (Å²) in [5.74, 6) is 0.655. The quantitative estimate of drug-likeness (QED) is 0.857. The van der Waals surface area contributed by atoms with Crippen molar-refractivity contribution in [3.63, 3.8) is 0 Å². The van der Waals surface area contributed by atoms with E-state index in [1.165, 1.54) is 27.4 Å². The lowest BCUT2D eigenvalue weighted by Crippen LogP contribution is -2.05. The number of methoxy groups -OCH3 is 3. The Balaban J connectivity index is 2.50. The first-order chi connectivity index (χ1) is 10.1. The molecule has 0 spiro atoms. The average molecular weight is 288 g/mol. The fraction of sp³-hybridized carbons (Fsp3) is 0.188. The Bertz CT molecular complexity index is 664. The highest BCUT2D eigenvalue weighted by Gasteiger charge is 2.20. The van der Waals surface area contributed by atoms with Crippen molar-refractivity contribution in [3.05, 3.63) is 47.5 Å². The van der Waals surface area contributed by atoms with Gasteiger partial charge in [0.15, 0.2) is 11.5 Å². The number of ketones is 1. The van der Waals surface area contributed by atoms with Gasteiger partial charge in [-0.3, -0.25) is 4.79 Å². The van der Waals surface area contributed by atoms with Gasteiger partial charge >= 0.3 is 0 Å². The molecule has 0 bridgehead atoms. The summed E-state index contributed by atoms with van der Waals surface area (Å²) in [6.07, 6.45) is 0. The lowest BCUT2D eigenvalue weighted by Gasteiger charge is -2.11. The molecule has 0 amide bonds. The molecule has 2 aromatic rings. The maximum atomic E-state index is 12.6. The smallest absolute Gasteiger partial charge is 0.200 e. The molecule has 0 aliphatic heterocycles. The number of para-hydroxylation sites is 1. The van der Waals surface area contributed by atoms with Crippen molar-refractivity contribution in [3.8, 4) is 23.0 Å². The molecule has 2 rings (SSSR count). The minimum Gasteiger partial charge on any atom is -0.504 e. The molecule has 0 unspecified atom stereocenters. The zero-order valence-electron chi connectivity index (χ0n) is 12.0. The topological polar surface area (TPSA) is 65.0 Å². The van der Waals surface area contributed by atoms with Gasteiger partial charge < -0.3 is 19.3 Å². The normalized spacial score (nSPS) is 10.0. The van der Waals surface area contributed by atoms with Crippen LogP contribution >= 0.6 is 0 Å². The molecule has 0 aliphatic rings. The third-order valence-electron chi connectivity index (χ3n) is 3.12. The molecule has 0 heterocycles. The zero-order chi connectivity index (χ0) is 15.4. The van der Waals surface area contributed by atoms with Crippen LogP contribution in [0, 0.1) is 0 Å². The van der Waals surface area contributed by atoms with E-state index in [0.29, 0.717) is 17.1 Å². The number of aromatic hydroxyl groups is 1. The SMILES string of the molecule is COc1ccc(C(=O)c2cccc(OC)c2O)c(OC)c1. The van der Waals surface area contributed by atoms with Crippen molar-refractivity contribution in [2.75, 3.05) is 21.3 Å². The fourth-order valence-electron chi connectivity index (χ4n) is 2.00. The lowest BCUT2D eigenvalue weighted by atomic mass is 10.0. The molecule has 2 aromatic carbocycles. The Morgan fingerprint density at radius 2 is 1.62 bits per heavy atom. The largest absolute Gasteiger partial charge is 0.504 e. The third kappa shape index (κ3) is 2.76. The summed E-state index contributed by atoms with van der Waals surface area (Å²) in [6.45, 7) is 0. The minimum atomic E-state index is -0.356. The summed E-state index contributed by atoms with van der Waals surface area (Å²) in [7, 11) is 4.43. The number of hydrogen-bond donors (Lipinski definition) is 1. The van der Waals surface area contributed by atoms with Gasteiger partial charge in [0, 0.05) is 6.07 Å². The summed E-state index contributed by atoms with van der Waals surface area (Å²) in [6, 6.07) is 9.62. The molecule has 110 valence electrons. The van der Waals surface area contributed by atoms with Crippen LogP contribution in [0.1, 0.15) is 15.9 Å². The molecule has 0 aromatic heterocycles. The number of rotatable bonds is 5. The molecular weight excluding hydrogens is 272 g/mol. The van der Waals surface area contributed by atoms with E-state index in [-0.39, 0.29) is 22.8 Å². The van der Waals surface area contributed by atoms with Crippen molar-refractivity contribution in [1.82, 2.24) is 0 Å². The number of ether oxygens (including phenoxy) is 3. The Hall–Kier alpha value is -2.69. The van der Waals surface area contributed by atoms with Crippen LogP contribution in [0.4, 0.5) is 0 Å². The van der Waals surface area contributed by atoms with E-state index in [4.69, 9.17) is 14.2 Å². The number of carbonyl (C=O) groups is 1. The van der Waals surface area contributed by atoms with E-state index in [9.17, 15) is 9.90 Å². The molecule has 0 fully saturated rings. The Morgan fingerprint density at radius 1 is 0.905 bits per heavy atom. The fourth-order valence-corrected chi connectivity index (χ4v) is 2.00. The first kappa shape index (κ1) is 14.7. The first-order valence-electron chi connectivity index (χ1n) is 6.25. The van der Waals surface area contributed by atoms with Gasteiger partial charge in [-0.1, -0.05) is 6.07 Å². The number of phenols is 1. The predicted molar refractivity (Wildman–Crippen MR) is 77.6 cm³/mol. The molecule has 0 aliphatic carbocycles.